The predicted molar refractivity (Wildman–Crippen MR) is 106 cm³/mol. The van der Waals surface area contributed by atoms with Crippen LogP contribution in [-0.2, 0) is 5.54 Å². The first-order valence-corrected chi connectivity index (χ1v) is 8.62. The van der Waals surface area contributed by atoms with Crippen molar-refractivity contribution in [2.45, 2.75) is 39.7 Å². The Morgan fingerprint density at radius 3 is 2.40 bits per heavy atom. The van der Waals surface area contributed by atoms with Gasteiger partial charge in [0.05, 0.1) is 25.5 Å². The summed E-state index contributed by atoms with van der Waals surface area (Å²) in [7, 11) is 3.24. The van der Waals surface area contributed by atoms with Crippen LogP contribution in [0.4, 0.5) is 5.69 Å². The largest absolute Gasteiger partial charge is 0.493 e. The fraction of sp³-hybridized carbons (Fsp3) is 0.474. The second kappa shape index (κ2) is 7.44. The maximum Gasteiger partial charge on any atom is 0.162 e. The summed E-state index contributed by atoms with van der Waals surface area (Å²) in [5.41, 5.74) is 0.593. The monoisotopic (exact) mass is 361 g/mol. The van der Waals surface area contributed by atoms with Crippen LogP contribution in [0.5, 0.6) is 11.5 Å². The molecule has 0 radical (unpaired) electrons. The molecule has 0 amide bonds. The van der Waals surface area contributed by atoms with Gasteiger partial charge in [-0.3, -0.25) is 0 Å². The average molecular weight is 362 g/mol. The van der Waals surface area contributed by atoms with Crippen molar-refractivity contribution in [3.05, 3.63) is 36.9 Å². The second-order valence-electron chi connectivity index (χ2n) is 7.37. The topological polar surface area (TPSA) is 48.3 Å². The molecule has 136 valence electrons. The normalized spacial score (nSPS) is 11.9. The molecule has 5 nitrogen and oxygen atoms in total. The number of imidazole rings is 1. The highest BCUT2D eigenvalue weighted by Gasteiger charge is 2.33. The zero-order chi connectivity index (χ0) is 18.7. The summed E-state index contributed by atoms with van der Waals surface area (Å²) < 4.78 is 12.8. The van der Waals surface area contributed by atoms with E-state index in [1.54, 1.807) is 20.4 Å². The van der Waals surface area contributed by atoms with E-state index in [4.69, 9.17) is 21.7 Å². The van der Waals surface area contributed by atoms with E-state index in [9.17, 15) is 0 Å². The average Bonchev–Trinajstić information content (AvgIpc) is 3.09. The molecule has 0 aliphatic rings. The van der Waals surface area contributed by atoms with E-state index < -0.39 is 0 Å². The minimum atomic E-state index is -0.198. The van der Waals surface area contributed by atoms with Crippen molar-refractivity contribution in [2.24, 2.45) is 5.41 Å². The number of hydrogen-bond acceptors (Lipinski definition) is 4. The molecule has 1 aromatic carbocycles. The highest BCUT2D eigenvalue weighted by atomic mass is 32.1. The lowest BCUT2D eigenvalue weighted by atomic mass is 9.79. The van der Waals surface area contributed by atoms with Gasteiger partial charge in [-0.2, -0.15) is 0 Å². The first kappa shape index (κ1) is 19.2. The van der Waals surface area contributed by atoms with Crippen LogP contribution in [0, 0.1) is 5.41 Å². The van der Waals surface area contributed by atoms with Crippen molar-refractivity contribution in [3.8, 4) is 11.5 Å². The Kier molecular flexibility index (Phi) is 5.72. The molecule has 0 atom stereocenters. The quantitative estimate of drug-likeness (QED) is 0.736. The van der Waals surface area contributed by atoms with E-state index in [0.717, 1.165) is 17.1 Å². The molecule has 25 heavy (non-hydrogen) atoms. The number of nitrogens with zero attached hydrogens (tertiary/aromatic N) is 2. The van der Waals surface area contributed by atoms with E-state index >= 15 is 0 Å². The van der Waals surface area contributed by atoms with Gasteiger partial charge >= 0.3 is 0 Å². The number of aromatic nitrogens is 2. The Morgan fingerprint density at radius 1 is 1.16 bits per heavy atom. The molecule has 0 aliphatic heterocycles. The number of ether oxygens (including phenoxy) is 2. The highest BCUT2D eigenvalue weighted by Crippen LogP contribution is 2.35. The summed E-state index contributed by atoms with van der Waals surface area (Å²) in [6.45, 7) is 8.69. The van der Waals surface area contributed by atoms with Gasteiger partial charge in [0, 0.05) is 35.1 Å². The Labute approximate surface area is 155 Å². The number of anilines is 1. The van der Waals surface area contributed by atoms with Crippen LogP contribution >= 0.6 is 12.2 Å². The maximum absolute atomic E-state index is 5.70. The van der Waals surface area contributed by atoms with Crippen molar-refractivity contribution in [1.29, 1.82) is 0 Å². The molecule has 2 aromatic rings. The Bertz CT molecular complexity index is 724. The second-order valence-corrected chi connectivity index (χ2v) is 7.78. The van der Waals surface area contributed by atoms with Gasteiger partial charge in [0.25, 0.3) is 0 Å². The molecule has 0 saturated carbocycles. The van der Waals surface area contributed by atoms with Gasteiger partial charge in [0.15, 0.2) is 11.5 Å². The van der Waals surface area contributed by atoms with Gasteiger partial charge < -0.3 is 19.4 Å². The zero-order valence-corrected chi connectivity index (χ0v) is 16.6. The third-order valence-corrected chi connectivity index (χ3v) is 4.99. The molecule has 0 fully saturated rings. The van der Waals surface area contributed by atoms with Crippen LogP contribution in [0.3, 0.4) is 0 Å². The number of rotatable bonds is 7. The smallest absolute Gasteiger partial charge is 0.162 e. The number of methoxy groups -OCH3 is 2. The van der Waals surface area contributed by atoms with E-state index in [2.05, 4.69) is 42.6 Å². The van der Waals surface area contributed by atoms with Gasteiger partial charge in [-0.25, -0.2) is 4.98 Å². The molecular formula is C19H27N3O2S. The fourth-order valence-electron chi connectivity index (χ4n) is 3.08. The van der Waals surface area contributed by atoms with Crippen molar-refractivity contribution in [3.63, 3.8) is 0 Å². The molecule has 0 bridgehead atoms. The Balaban J connectivity index is 2.13. The number of thiocarbonyl (C=S) groups is 1. The molecule has 1 aromatic heterocycles. The van der Waals surface area contributed by atoms with Crippen LogP contribution < -0.4 is 14.8 Å². The van der Waals surface area contributed by atoms with E-state index in [0.29, 0.717) is 11.5 Å². The Morgan fingerprint density at radius 2 is 1.84 bits per heavy atom. The van der Waals surface area contributed by atoms with Gasteiger partial charge in [-0.05, 0) is 32.4 Å². The summed E-state index contributed by atoms with van der Waals surface area (Å²) in [5, 5.41) is 3.35. The van der Waals surface area contributed by atoms with E-state index in [1.807, 2.05) is 30.7 Å². The van der Waals surface area contributed by atoms with Crippen molar-refractivity contribution in [2.75, 3.05) is 19.5 Å². The third-order valence-electron chi connectivity index (χ3n) is 4.33. The van der Waals surface area contributed by atoms with Gasteiger partial charge in [0.2, 0.25) is 0 Å². The molecular weight excluding hydrogens is 334 g/mol. The highest BCUT2D eigenvalue weighted by molar-refractivity contribution is 7.80. The van der Waals surface area contributed by atoms with Crippen LogP contribution in [0.2, 0.25) is 0 Å². The summed E-state index contributed by atoms with van der Waals surface area (Å²) in [6, 6.07) is 5.69. The van der Waals surface area contributed by atoms with Crippen molar-refractivity contribution in [1.82, 2.24) is 9.55 Å². The van der Waals surface area contributed by atoms with Gasteiger partial charge in [-0.1, -0.05) is 26.1 Å². The van der Waals surface area contributed by atoms with Crippen molar-refractivity contribution >= 4 is 22.9 Å². The lowest BCUT2D eigenvalue weighted by Crippen LogP contribution is -2.38. The molecule has 6 heteroatoms. The lowest BCUT2D eigenvalue weighted by Gasteiger charge is -2.36. The number of benzene rings is 1. The minimum absolute atomic E-state index is 0.0939. The van der Waals surface area contributed by atoms with Crippen LogP contribution in [-0.4, -0.2) is 28.8 Å². The van der Waals surface area contributed by atoms with Crippen molar-refractivity contribution < 1.29 is 9.47 Å². The summed E-state index contributed by atoms with van der Waals surface area (Å²) in [6.07, 6.45) is 6.51. The first-order valence-electron chi connectivity index (χ1n) is 8.21. The van der Waals surface area contributed by atoms with Gasteiger partial charge in [-0.15, -0.1) is 0 Å². The minimum Gasteiger partial charge on any atom is -0.493 e. The number of nitrogens with one attached hydrogen (secondary N) is 1. The standard InChI is InChI=1S/C19H27N3O2S/c1-18(2,12-19(3,4)22-10-9-20-13-22)17(25)21-14-7-8-15(23-5)16(11-14)24-6/h7-11,13H,12H2,1-6H3,(H,21,25). The van der Waals surface area contributed by atoms with E-state index in [-0.39, 0.29) is 11.0 Å². The molecule has 1 N–H and O–H groups in total. The fourth-order valence-corrected chi connectivity index (χ4v) is 3.27. The van der Waals surface area contributed by atoms with E-state index in [1.165, 1.54) is 0 Å². The molecule has 1 heterocycles. The molecule has 0 spiro atoms. The van der Waals surface area contributed by atoms with Crippen LogP contribution in [0.25, 0.3) is 0 Å². The Hall–Kier alpha value is -2.08. The zero-order valence-electron chi connectivity index (χ0n) is 15.8. The number of hydrogen-bond donors (Lipinski definition) is 1. The SMILES string of the molecule is COc1ccc(NC(=S)C(C)(C)CC(C)(C)n2ccnc2)cc1OC. The van der Waals surface area contributed by atoms with Crippen LogP contribution in [0.15, 0.2) is 36.9 Å². The predicted octanol–water partition coefficient (Wildman–Crippen LogP) is 4.49. The third kappa shape index (κ3) is 4.51. The summed E-state index contributed by atoms with van der Waals surface area (Å²) in [5.74, 6) is 1.37. The molecule has 0 unspecified atom stereocenters. The maximum atomic E-state index is 5.70. The first-order chi connectivity index (χ1) is 11.7. The summed E-state index contributed by atoms with van der Waals surface area (Å²) >= 11 is 5.70. The molecule has 0 aliphatic carbocycles. The van der Waals surface area contributed by atoms with Crippen LogP contribution in [0.1, 0.15) is 34.1 Å². The molecule has 2 rings (SSSR count). The lowest BCUT2D eigenvalue weighted by molar-refractivity contribution is 0.253. The van der Waals surface area contributed by atoms with Gasteiger partial charge in [0.1, 0.15) is 0 Å². The molecule has 0 saturated heterocycles. The summed E-state index contributed by atoms with van der Waals surface area (Å²) in [4.78, 5) is 4.94.